The lowest BCUT2D eigenvalue weighted by atomic mass is 10.1. The molecule has 3 aromatic rings. The van der Waals surface area contributed by atoms with Crippen LogP contribution >= 0.6 is 22.9 Å². The summed E-state index contributed by atoms with van der Waals surface area (Å²) in [4.78, 5) is 17.1. The van der Waals surface area contributed by atoms with Gasteiger partial charge in [-0.1, -0.05) is 11.6 Å². The molecule has 2 heterocycles. The first-order chi connectivity index (χ1) is 13.6. The van der Waals surface area contributed by atoms with Crippen LogP contribution in [-0.4, -0.2) is 31.9 Å². The lowest BCUT2D eigenvalue weighted by molar-refractivity contribution is 0.102. The van der Waals surface area contributed by atoms with Crippen molar-refractivity contribution < 1.29 is 23.7 Å². The van der Waals surface area contributed by atoms with E-state index in [1.165, 1.54) is 31.6 Å². The summed E-state index contributed by atoms with van der Waals surface area (Å²) in [7, 11) is 2.96. The van der Waals surface area contributed by atoms with Crippen molar-refractivity contribution in [2.24, 2.45) is 0 Å². The number of rotatable bonds is 5. The first-order valence-corrected chi connectivity index (χ1v) is 9.43. The molecular formula is C19H15ClN2O5S. The third-order valence-corrected chi connectivity index (χ3v) is 5.13. The van der Waals surface area contributed by atoms with Crippen LogP contribution in [0.5, 0.6) is 23.0 Å². The molecule has 0 unspecified atom stereocenters. The number of ether oxygens (including phenoxy) is 4. The molecule has 0 aliphatic carbocycles. The van der Waals surface area contributed by atoms with E-state index in [-0.39, 0.29) is 17.7 Å². The molecular weight excluding hydrogens is 404 g/mol. The van der Waals surface area contributed by atoms with Crippen molar-refractivity contribution in [3.63, 3.8) is 0 Å². The number of carbonyl (C=O) groups is 1. The van der Waals surface area contributed by atoms with Gasteiger partial charge in [-0.15, -0.1) is 11.3 Å². The van der Waals surface area contributed by atoms with Crippen LogP contribution in [0.1, 0.15) is 10.4 Å². The Labute approximate surface area is 169 Å². The smallest absolute Gasteiger partial charge is 0.257 e. The van der Waals surface area contributed by atoms with Crippen LogP contribution in [0.25, 0.3) is 11.3 Å². The molecule has 0 fully saturated rings. The lowest BCUT2D eigenvalue weighted by Crippen LogP contribution is -2.12. The van der Waals surface area contributed by atoms with Gasteiger partial charge in [0.2, 0.25) is 6.79 Å². The second-order valence-electron chi connectivity index (χ2n) is 5.75. The van der Waals surface area contributed by atoms with Gasteiger partial charge in [0.25, 0.3) is 5.91 Å². The van der Waals surface area contributed by atoms with Crippen LogP contribution < -0.4 is 24.3 Å². The number of nitrogens with one attached hydrogen (secondary N) is 1. The fraction of sp³-hybridized carbons (Fsp3) is 0.158. The maximum Gasteiger partial charge on any atom is 0.257 e. The largest absolute Gasteiger partial charge is 0.493 e. The quantitative estimate of drug-likeness (QED) is 0.659. The molecule has 0 atom stereocenters. The molecule has 7 nitrogen and oxygen atoms in total. The van der Waals surface area contributed by atoms with E-state index in [9.17, 15) is 4.79 Å². The van der Waals surface area contributed by atoms with Gasteiger partial charge in [0.15, 0.2) is 28.1 Å². The van der Waals surface area contributed by atoms with E-state index in [2.05, 4.69) is 10.3 Å². The molecule has 1 N–H and O–H groups in total. The molecule has 9 heteroatoms. The van der Waals surface area contributed by atoms with Crippen LogP contribution in [0.15, 0.2) is 35.7 Å². The van der Waals surface area contributed by atoms with Gasteiger partial charge in [-0.3, -0.25) is 10.1 Å². The number of carbonyl (C=O) groups excluding carboxylic acids is 1. The number of methoxy groups -OCH3 is 2. The number of anilines is 1. The Morgan fingerprint density at radius 2 is 2.00 bits per heavy atom. The van der Waals surface area contributed by atoms with Gasteiger partial charge >= 0.3 is 0 Å². The Kier molecular flexibility index (Phi) is 4.97. The lowest BCUT2D eigenvalue weighted by Gasteiger charge is -2.11. The number of halogens is 1. The van der Waals surface area contributed by atoms with Crippen LogP contribution in [0.3, 0.4) is 0 Å². The minimum Gasteiger partial charge on any atom is -0.493 e. The minimum atomic E-state index is -0.352. The maximum atomic E-state index is 12.6. The summed E-state index contributed by atoms with van der Waals surface area (Å²) < 4.78 is 21.1. The van der Waals surface area contributed by atoms with E-state index < -0.39 is 0 Å². The summed E-state index contributed by atoms with van der Waals surface area (Å²) in [6.07, 6.45) is 0. The Morgan fingerprint density at radius 1 is 1.18 bits per heavy atom. The molecule has 1 aliphatic rings. The standard InChI is InChI=1S/C19H15ClN2O5S/c1-24-16-7-11(5-12(20)17(16)25-2)18(23)22-19-21-13(8-28-19)10-3-4-14-15(6-10)27-9-26-14/h3-8H,9H2,1-2H3,(H,21,22,23). The van der Waals surface area contributed by atoms with Crippen LogP contribution in [0, 0.1) is 0 Å². The van der Waals surface area contributed by atoms with Crippen molar-refractivity contribution in [3.8, 4) is 34.3 Å². The SMILES string of the molecule is COc1cc(C(=O)Nc2nc(-c3ccc4c(c3)OCO4)cs2)cc(Cl)c1OC. The second kappa shape index (κ2) is 7.57. The third-order valence-electron chi connectivity index (χ3n) is 4.09. The molecule has 0 saturated carbocycles. The van der Waals surface area contributed by atoms with Crippen LogP contribution in [0.4, 0.5) is 5.13 Å². The van der Waals surface area contributed by atoms with Gasteiger partial charge < -0.3 is 18.9 Å². The average Bonchev–Trinajstić information content (AvgIpc) is 3.35. The van der Waals surface area contributed by atoms with Gasteiger partial charge in [0.05, 0.1) is 24.9 Å². The molecule has 1 aliphatic heterocycles. The van der Waals surface area contributed by atoms with Crippen molar-refractivity contribution in [2.75, 3.05) is 26.3 Å². The highest BCUT2D eigenvalue weighted by Crippen LogP contribution is 2.38. The summed E-state index contributed by atoms with van der Waals surface area (Å²) in [5, 5.41) is 5.38. The molecule has 2 aromatic carbocycles. The van der Waals surface area contributed by atoms with E-state index in [1.54, 1.807) is 6.07 Å². The average molecular weight is 419 g/mol. The number of aromatic nitrogens is 1. The second-order valence-corrected chi connectivity index (χ2v) is 7.02. The molecule has 0 bridgehead atoms. The van der Waals surface area contributed by atoms with Gasteiger partial charge in [0, 0.05) is 16.5 Å². The topological polar surface area (TPSA) is 78.9 Å². The number of hydrogen-bond acceptors (Lipinski definition) is 7. The zero-order chi connectivity index (χ0) is 19.7. The highest BCUT2D eigenvalue weighted by atomic mass is 35.5. The summed E-state index contributed by atoms with van der Waals surface area (Å²) in [6, 6.07) is 8.66. The maximum absolute atomic E-state index is 12.6. The van der Waals surface area contributed by atoms with Gasteiger partial charge in [-0.05, 0) is 30.3 Å². The van der Waals surface area contributed by atoms with Crippen molar-refractivity contribution >= 4 is 34.0 Å². The number of fused-ring (bicyclic) bond motifs is 1. The fourth-order valence-electron chi connectivity index (χ4n) is 2.74. The van der Waals surface area contributed by atoms with Crippen LogP contribution in [-0.2, 0) is 0 Å². The molecule has 1 amide bonds. The molecule has 4 rings (SSSR count). The molecule has 28 heavy (non-hydrogen) atoms. The zero-order valence-electron chi connectivity index (χ0n) is 14.9. The van der Waals surface area contributed by atoms with Crippen molar-refractivity contribution in [1.29, 1.82) is 0 Å². The fourth-order valence-corrected chi connectivity index (χ4v) is 3.74. The highest BCUT2D eigenvalue weighted by molar-refractivity contribution is 7.14. The molecule has 0 radical (unpaired) electrons. The Bertz CT molecular complexity index is 1050. The predicted octanol–water partition coefficient (Wildman–Crippen LogP) is 4.46. The Morgan fingerprint density at radius 3 is 2.79 bits per heavy atom. The third kappa shape index (κ3) is 3.44. The Hall–Kier alpha value is -2.97. The minimum absolute atomic E-state index is 0.213. The number of amides is 1. The van der Waals surface area contributed by atoms with E-state index in [0.717, 1.165) is 11.3 Å². The number of hydrogen-bond donors (Lipinski definition) is 1. The number of thiazole rings is 1. The normalized spacial score (nSPS) is 12.0. The number of benzene rings is 2. The zero-order valence-corrected chi connectivity index (χ0v) is 16.5. The highest BCUT2D eigenvalue weighted by Gasteiger charge is 2.18. The van der Waals surface area contributed by atoms with E-state index in [4.69, 9.17) is 30.5 Å². The number of nitrogens with zero attached hydrogens (tertiary/aromatic N) is 1. The van der Waals surface area contributed by atoms with Crippen LogP contribution in [0.2, 0.25) is 5.02 Å². The molecule has 0 saturated heterocycles. The molecule has 0 spiro atoms. The molecule has 1 aromatic heterocycles. The van der Waals surface area contributed by atoms with E-state index in [0.29, 0.717) is 33.7 Å². The van der Waals surface area contributed by atoms with Crippen molar-refractivity contribution in [1.82, 2.24) is 4.98 Å². The summed E-state index contributed by atoms with van der Waals surface area (Å²) in [6.45, 7) is 0.213. The predicted molar refractivity (Wildman–Crippen MR) is 106 cm³/mol. The van der Waals surface area contributed by atoms with Crippen molar-refractivity contribution in [3.05, 3.63) is 46.3 Å². The summed E-state index contributed by atoms with van der Waals surface area (Å²) in [5.41, 5.74) is 1.93. The summed E-state index contributed by atoms with van der Waals surface area (Å²) in [5.74, 6) is 1.78. The van der Waals surface area contributed by atoms with Gasteiger partial charge in [0.1, 0.15) is 0 Å². The van der Waals surface area contributed by atoms with E-state index >= 15 is 0 Å². The van der Waals surface area contributed by atoms with Gasteiger partial charge in [-0.25, -0.2) is 4.98 Å². The summed E-state index contributed by atoms with van der Waals surface area (Å²) >= 11 is 7.49. The first kappa shape index (κ1) is 18.4. The Balaban J connectivity index is 1.54. The monoisotopic (exact) mass is 418 g/mol. The first-order valence-electron chi connectivity index (χ1n) is 8.17. The van der Waals surface area contributed by atoms with Gasteiger partial charge in [-0.2, -0.15) is 0 Å². The van der Waals surface area contributed by atoms with Crippen molar-refractivity contribution in [2.45, 2.75) is 0 Å². The van der Waals surface area contributed by atoms with E-state index in [1.807, 2.05) is 23.6 Å². The molecule has 144 valence electrons.